The van der Waals surface area contributed by atoms with Crippen molar-refractivity contribution < 1.29 is 23.2 Å². The van der Waals surface area contributed by atoms with Gasteiger partial charge in [-0.25, -0.2) is 8.78 Å². The van der Waals surface area contributed by atoms with Crippen LogP contribution < -0.4 is 0 Å². The molecule has 0 bridgehead atoms. The van der Waals surface area contributed by atoms with Gasteiger partial charge < -0.3 is 4.90 Å². The first-order valence-electron chi connectivity index (χ1n) is 8.07. The molecule has 3 amide bonds. The fourth-order valence-electron chi connectivity index (χ4n) is 2.80. The maximum atomic E-state index is 13.8. The van der Waals surface area contributed by atoms with E-state index in [0.29, 0.717) is 12.5 Å². The van der Waals surface area contributed by atoms with Gasteiger partial charge in [-0.1, -0.05) is 30.3 Å². The molecule has 5 nitrogen and oxygen atoms in total. The van der Waals surface area contributed by atoms with Crippen molar-refractivity contribution in [3.63, 3.8) is 0 Å². The first-order chi connectivity index (χ1) is 12.5. The Bertz CT molecular complexity index is 837. The molecule has 0 N–H and O–H groups in total. The van der Waals surface area contributed by atoms with Gasteiger partial charge >= 0.3 is 0 Å². The minimum atomic E-state index is -1.03. The SMILES string of the molecule is O=C(c1ccc(F)cc1F)N1CC(=O)N(CCc2ccccc2)C(=O)C1. The molecule has 0 aliphatic carbocycles. The fourth-order valence-corrected chi connectivity index (χ4v) is 2.80. The first kappa shape index (κ1) is 17.7. The Kier molecular flexibility index (Phi) is 5.06. The number of piperazine rings is 1. The molecule has 3 rings (SSSR count). The maximum absolute atomic E-state index is 13.8. The zero-order valence-corrected chi connectivity index (χ0v) is 13.8. The van der Waals surface area contributed by atoms with Crippen LogP contribution in [-0.4, -0.2) is 47.2 Å². The lowest BCUT2D eigenvalue weighted by molar-refractivity contribution is -0.150. The molecule has 0 saturated carbocycles. The predicted molar refractivity (Wildman–Crippen MR) is 89.1 cm³/mol. The molecule has 0 spiro atoms. The van der Waals surface area contributed by atoms with E-state index >= 15 is 0 Å². The number of halogens is 2. The van der Waals surface area contributed by atoms with E-state index in [0.717, 1.165) is 27.5 Å². The van der Waals surface area contributed by atoms with Gasteiger partial charge in [0.2, 0.25) is 11.8 Å². The van der Waals surface area contributed by atoms with Gasteiger partial charge in [-0.3, -0.25) is 19.3 Å². The second-order valence-electron chi connectivity index (χ2n) is 5.96. The maximum Gasteiger partial charge on any atom is 0.257 e. The van der Waals surface area contributed by atoms with E-state index in [9.17, 15) is 23.2 Å². The van der Waals surface area contributed by atoms with Crippen molar-refractivity contribution in [1.29, 1.82) is 0 Å². The van der Waals surface area contributed by atoms with Crippen LogP contribution in [-0.2, 0) is 16.0 Å². The normalized spacial score (nSPS) is 14.7. The van der Waals surface area contributed by atoms with Gasteiger partial charge in [-0.05, 0) is 24.1 Å². The van der Waals surface area contributed by atoms with Gasteiger partial charge in [0, 0.05) is 12.6 Å². The van der Waals surface area contributed by atoms with Crippen LogP contribution in [0.2, 0.25) is 0 Å². The topological polar surface area (TPSA) is 57.7 Å². The average Bonchev–Trinajstić information content (AvgIpc) is 2.61. The highest BCUT2D eigenvalue weighted by Gasteiger charge is 2.34. The fraction of sp³-hybridized carbons (Fsp3) is 0.211. The molecule has 1 heterocycles. The zero-order chi connectivity index (χ0) is 18.7. The number of hydrogen-bond donors (Lipinski definition) is 0. The summed E-state index contributed by atoms with van der Waals surface area (Å²) in [7, 11) is 0. The van der Waals surface area contributed by atoms with Gasteiger partial charge in [0.1, 0.15) is 24.7 Å². The number of nitrogens with zero attached hydrogens (tertiary/aromatic N) is 2. The third kappa shape index (κ3) is 3.77. The second kappa shape index (κ2) is 7.43. The Labute approximate surface area is 148 Å². The number of carbonyl (C=O) groups is 3. The van der Waals surface area contributed by atoms with Gasteiger partial charge in [0.25, 0.3) is 5.91 Å². The molecule has 7 heteroatoms. The highest BCUT2D eigenvalue weighted by Crippen LogP contribution is 2.15. The van der Waals surface area contributed by atoms with E-state index in [1.54, 1.807) is 0 Å². The summed E-state index contributed by atoms with van der Waals surface area (Å²) in [6, 6.07) is 11.9. The molecule has 0 radical (unpaired) electrons. The van der Waals surface area contributed by atoms with Crippen LogP contribution in [0.15, 0.2) is 48.5 Å². The predicted octanol–water partition coefficient (Wildman–Crippen LogP) is 2.02. The number of amides is 3. The van der Waals surface area contributed by atoms with E-state index in [1.807, 2.05) is 30.3 Å². The standard InChI is InChI=1S/C19H16F2N2O3/c20-14-6-7-15(16(21)10-14)19(26)22-11-17(24)23(18(25)12-22)9-8-13-4-2-1-3-5-13/h1-7,10H,8-9,11-12H2. The number of hydrogen-bond acceptors (Lipinski definition) is 3. The van der Waals surface area contributed by atoms with Crippen molar-refractivity contribution in [2.45, 2.75) is 6.42 Å². The molecule has 1 saturated heterocycles. The van der Waals surface area contributed by atoms with Crippen LogP contribution in [0.3, 0.4) is 0 Å². The number of imide groups is 1. The van der Waals surface area contributed by atoms with Crippen LogP contribution in [0.1, 0.15) is 15.9 Å². The van der Waals surface area contributed by atoms with Crippen LogP contribution in [0.4, 0.5) is 8.78 Å². The molecule has 1 aliphatic heterocycles. The Morgan fingerprint density at radius 2 is 1.62 bits per heavy atom. The molecule has 0 atom stereocenters. The van der Waals surface area contributed by atoms with E-state index in [1.165, 1.54) is 0 Å². The molecular formula is C19H16F2N2O3. The first-order valence-corrected chi connectivity index (χ1v) is 8.07. The zero-order valence-electron chi connectivity index (χ0n) is 13.8. The number of carbonyl (C=O) groups excluding carboxylic acids is 3. The van der Waals surface area contributed by atoms with Crippen LogP contribution >= 0.6 is 0 Å². The Hall–Kier alpha value is -3.09. The summed E-state index contributed by atoms with van der Waals surface area (Å²) >= 11 is 0. The molecule has 2 aromatic carbocycles. The number of rotatable bonds is 4. The van der Waals surface area contributed by atoms with Crippen molar-refractivity contribution in [1.82, 2.24) is 9.80 Å². The summed E-state index contributed by atoms with van der Waals surface area (Å²) < 4.78 is 26.7. The molecule has 134 valence electrons. The van der Waals surface area contributed by atoms with E-state index < -0.39 is 29.4 Å². The van der Waals surface area contributed by atoms with Crippen LogP contribution in [0.25, 0.3) is 0 Å². The number of benzene rings is 2. The Balaban J connectivity index is 1.67. The highest BCUT2D eigenvalue weighted by atomic mass is 19.1. The highest BCUT2D eigenvalue weighted by molar-refractivity contribution is 6.05. The van der Waals surface area contributed by atoms with Crippen molar-refractivity contribution in [2.24, 2.45) is 0 Å². The molecule has 0 aromatic heterocycles. The van der Waals surface area contributed by atoms with Crippen molar-refractivity contribution in [3.8, 4) is 0 Å². The van der Waals surface area contributed by atoms with Crippen molar-refractivity contribution in [2.75, 3.05) is 19.6 Å². The lowest BCUT2D eigenvalue weighted by Crippen LogP contribution is -2.56. The summed E-state index contributed by atoms with van der Waals surface area (Å²) in [5.74, 6) is -3.69. The summed E-state index contributed by atoms with van der Waals surface area (Å²) in [6.45, 7) is -0.430. The lowest BCUT2D eigenvalue weighted by atomic mass is 10.1. The minimum absolute atomic E-state index is 0.217. The Morgan fingerprint density at radius 3 is 2.23 bits per heavy atom. The van der Waals surface area contributed by atoms with Gasteiger partial charge in [-0.2, -0.15) is 0 Å². The Morgan fingerprint density at radius 1 is 0.962 bits per heavy atom. The average molecular weight is 358 g/mol. The third-order valence-corrected chi connectivity index (χ3v) is 4.17. The smallest absolute Gasteiger partial charge is 0.257 e. The molecule has 26 heavy (non-hydrogen) atoms. The van der Waals surface area contributed by atoms with Crippen molar-refractivity contribution >= 4 is 17.7 Å². The molecule has 1 aliphatic rings. The van der Waals surface area contributed by atoms with Crippen LogP contribution in [0, 0.1) is 11.6 Å². The second-order valence-corrected chi connectivity index (χ2v) is 5.96. The van der Waals surface area contributed by atoms with Crippen molar-refractivity contribution in [3.05, 3.63) is 71.3 Å². The largest absolute Gasteiger partial charge is 0.320 e. The quantitative estimate of drug-likeness (QED) is 0.786. The lowest BCUT2D eigenvalue weighted by Gasteiger charge is -2.32. The third-order valence-electron chi connectivity index (χ3n) is 4.17. The summed E-state index contributed by atoms with van der Waals surface area (Å²) in [5.41, 5.74) is 0.615. The van der Waals surface area contributed by atoms with E-state index in [4.69, 9.17) is 0 Å². The molecule has 2 aromatic rings. The summed E-state index contributed by atoms with van der Waals surface area (Å²) in [4.78, 5) is 39.0. The molecular weight excluding hydrogens is 342 g/mol. The van der Waals surface area contributed by atoms with Gasteiger partial charge in [-0.15, -0.1) is 0 Å². The van der Waals surface area contributed by atoms with Gasteiger partial charge in [0.05, 0.1) is 5.56 Å². The van der Waals surface area contributed by atoms with Gasteiger partial charge in [0.15, 0.2) is 0 Å². The van der Waals surface area contributed by atoms with E-state index in [-0.39, 0.29) is 25.2 Å². The van der Waals surface area contributed by atoms with E-state index in [2.05, 4.69) is 0 Å². The summed E-state index contributed by atoms with van der Waals surface area (Å²) in [5, 5.41) is 0. The monoisotopic (exact) mass is 358 g/mol. The molecule has 0 unspecified atom stereocenters. The van der Waals surface area contributed by atoms with Crippen LogP contribution in [0.5, 0.6) is 0 Å². The minimum Gasteiger partial charge on any atom is -0.320 e. The molecule has 1 fully saturated rings. The summed E-state index contributed by atoms with van der Waals surface area (Å²) in [6.07, 6.45) is 0.513.